The summed E-state index contributed by atoms with van der Waals surface area (Å²) in [7, 11) is 0. The van der Waals surface area contributed by atoms with Gasteiger partial charge >= 0.3 is 0 Å². The van der Waals surface area contributed by atoms with Crippen molar-refractivity contribution >= 4 is 28.3 Å². The number of aromatic nitrogens is 3. The van der Waals surface area contributed by atoms with E-state index in [4.69, 9.17) is 0 Å². The first-order valence-electron chi connectivity index (χ1n) is 7.53. The topological polar surface area (TPSA) is 79.8 Å². The monoisotopic (exact) mass is 339 g/mol. The lowest BCUT2D eigenvalue weighted by molar-refractivity contribution is -0.121. The van der Waals surface area contributed by atoms with Crippen LogP contribution in [0, 0.1) is 0 Å². The van der Waals surface area contributed by atoms with E-state index in [2.05, 4.69) is 25.6 Å². The van der Waals surface area contributed by atoms with Gasteiger partial charge in [-0.2, -0.15) is 0 Å². The SMILES string of the molecule is CC(NC(=O)Cc1csc(Nc2ncccn2)n1)c1ccccc1. The molecule has 1 unspecified atom stereocenters. The van der Waals surface area contributed by atoms with E-state index in [1.54, 1.807) is 18.5 Å². The van der Waals surface area contributed by atoms with Crippen LogP contribution in [0.5, 0.6) is 0 Å². The van der Waals surface area contributed by atoms with E-state index in [0.717, 1.165) is 11.3 Å². The molecule has 2 N–H and O–H groups in total. The van der Waals surface area contributed by atoms with Gasteiger partial charge in [0.05, 0.1) is 18.2 Å². The number of rotatable bonds is 6. The van der Waals surface area contributed by atoms with Crippen molar-refractivity contribution in [3.63, 3.8) is 0 Å². The maximum atomic E-state index is 12.2. The predicted molar refractivity (Wildman–Crippen MR) is 94.1 cm³/mol. The first-order valence-corrected chi connectivity index (χ1v) is 8.41. The quantitative estimate of drug-likeness (QED) is 0.721. The highest BCUT2D eigenvalue weighted by Gasteiger charge is 2.12. The van der Waals surface area contributed by atoms with Gasteiger partial charge in [0.25, 0.3) is 0 Å². The van der Waals surface area contributed by atoms with Crippen molar-refractivity contribution in [1.29, 1.82) is 0 Å². The molecular weight excluding hydrogens is 322 g/mol. The number of hydrogen-bond donors (Lipinski definition) is 2. The van der Waals surface area contributed by atoms with Crippen LogP contribution >= 0.6 is 11.3 Å². The highest BCUT2D eigenvalue weighted by atomic mass is 32.1. The molecule has 0 fully saturated rings. The summed E-state index contributed by atoms with van der Waals surface area (Å²) < 4.78 is 0. The van der Waals surface area contributed by atoms with Crippen molar-refractivity contribution in [2.75, 3.05) is 5.32 Å². The molecule has 24 heavy (non-hydrogen) atoms. The van der Waals surface area contributed by atoms with Gasteiger partial charge in [0.15, 0.2) is 5.13 Å². The van der Waals surface area contributed by atoms with Crippen molar-refractivity contribution in [2.24, 2.45) is 0 Å². The smallest absolute Gasteiger partial charge is 0.228 e. The van der Waals surface area contributed by atoms with Gasteiger partial charge in [-0.3, -0.25) is 4.79 Å². The second kappa shape index (κ2) is 7.65. The van der Waals surface area contributed by atoms with Crippen molar-refractivity contribution in [3.8, 4) is 0 Å². The Morgan fingerprint density at radius 2 is 1.92 bits per heavy atom. The fraction of sp³-hybridized carbons (Fsp3) is 0.176. The van der Waals surface area contributed by atoms with Crippen molar-refractivity contribution in [3.05, 3.63) is 65.4 Å². The number of nitrogens with one attached hydrogen (secondary N) is 2. The molecule has 0 spiro atoms. The third-order valence-corrected chi connectivity index (χ3v) is 4.16. The number of hydrogen-bond acceptors (Lipinski definition) is 6. The fourth-order valence-electron chi connectivity index (χ4n) is 2.19. The molecule has 0 bridgehead atoms. The Balaban J connectivity index is 1.55. The summed E-state index contributed by atoms with van der Waals surface area (Å²) in [5.74, 6) is 0.430. The first kappa shape index (κ1) is 16.1. The molecule has 0 aliphatic heterocycles. The van der Waals surface area contributed by atoms with Crippen molar-refractivity contribution in [1.82, 2.24) is 20.3 Å². The molecular formula is C17H17N5OS. The first-order chi connectivity index (χ1) is 11.7. The zero-order chi connectivity index (χ0) is 16.8. The predicted octanol–water partition coefficient (Wildman–Crippen LogP) is 3.10. The normalized spacial score (nSPS) is 11.7. The molecule has 3 aromatic rings. The van der Waals surface area contributed by atoms with Gasteiger partial charge in [-0.1, -0.05) is 30.3 Å². The summed E-state index contributed by atoms with van der Waals surface area (Å²) in [5.41, 5.74) is 1.80. The molecule has 122 valence electrons. The molecule has 1 amide bonds. The number of carbonyl (C=O) groups is 1. The van der Waals surface area contributed by atoms with E-state index >= 15 is 0 Å². The molecule has 3 rings (SSSR count). The summed E-state index contributed by atoms with van der Waals surface area (Å²) in [4.78, 5) is 24.7. The number of benzene rings is 1. The average Bonchev–Trinajstić information content (AvgIpc) is 3.03. The molecule has 0 saturated carbocycles. The van der Waals surface area contributed by atoms with Crippen LogP contribution in [0.3, 0.4) is 0 Å². The summed E-state index contributed by atoms with van der Waals surface area (Å²) in [6.45, 7) is 1.97. The van der Waals surface area contributed by atoms with E-state index in [1.165, 1.54) is 11.3 Å². The van der Waals surface area contributed by atoms with Crippen LogP contribution < -0.4 is 10.6 Å². The molecule has 2 heterocycles. The largest absolute Gasteiger partial charge is 0.349 e. The van der Waals surface area contributed by atoms with Gasteiger partial charge < -0.3 is 10.6 Å². The molecule has 0 aliphatic rings. The summed E-state index contributed by atoms with van der Waals surface area (Å²) in [6.07, 6.45) is 3.55. The maximum absolute atomic E-state index is 12.2. The van der Waals surface area contributed by atoms with Gasteiger partial charge in [0, 0.05) is 17.8 Å². The molecule has 6 nitrogen and oxygen atoms in total. The van der Waals surface area contributed by atoms with Crippen LogP contribution in [0.2, 0.25) is 0 Å². The van der Waals surface area contributed by atoms with E-state index in [-0.39, 0.29) is 18.4 Å². The van der Waals surface area contributed by atoms with Gasteiger partial charge in [-0.25, -0.2) is 15.0 Å². The number of carbonyl (C=O) groups excluding carboxylic acids is 1. The van der Waals surface area contributed by atoms with E-state index in [1.807, 2.05) is 42.6 Å². The Bertz CT molecular complexity index is 791. The molecule has 0 saturated heterocycles. The highest BCUT2D eigenvalue weighted by Crippen LogP contribution is 2.19. The minimum Gasteiger partial charge on any atom is -0.349 e. The maximum Gasteiger partial charge on any atom is 0.228 e. The minimum absolute atomic E-state index is 0.0346. The lowest BCUT2D eigenvalue weighted by atomic mass is 10.1. The lowest BCUT2D eigenvalue weighted by Crippen LogP contribution is -2.28. The van der Waals surface area contributed by atoms with E-state index < -0.39 is 0 Å². The van der Waals surface area contributed by atoms with Crippen LogP contribution in [0.25, 0.3) is 0 Å². The van der Waals surface area contributed by atoms with Crippen LogP contribution in [0.1, 0.15) is 24.2 Å². The lowest BCUT2D eigenvalue weighted by Gasteiger charge is -2.13. The number of anilines is 2. The molecule has 0 radical (unpaired) electrons. The number of amides is 1. The number of nitrogens with zero attached hydrogens (tertiary/aromatic N) is 3. The Morgan fingerprint density at radius 3 is 2.67 bits per heavy atom. The average molecular weight is 339 g/mol. The summed E-state index contributed by atoms with van der Waals surface area (Å²) >= 11 is 1.42. The Morgan fingerprint density at radius 1 is 1.17 bits per heavy atom. The van der Waals surface area contributed by atoms with E-state index in [0.29, 0.717) is 11.1 Å². The standard InChI is InChI=1S/C17H17N5OS/c1-12(13-6-3-2-4-7-13)20-15(23)10-14-11-24-17(21-14)22-16-18-8-5-9-19-16/h2-9,11-12H,10H2,1H3,(H,20,23)(H,18,19,21,22). The van der Waals surface area contributed by atoms with E-state index in [9.17, 15) is 4.79 Å². The zero-order valence-electron chi connectivity index (χ0n) is 13.1. The second-order valence-corrected chi connectivity index (χ2v) is 6.08. The molecule has 7 heteroatoms. The summed E-state index contributed by atoms with van der Waals surface area (Å²) in [6, 6.07) is 11.6. The van der Waals surface area contributed by atoms with Gasteiger partial charge in [-0.05, 0) is 18.6 Å². The Hall–Kier alpha value is -2.80. The molecule has 2 aromatic heterocycles. The molecule has 0 aliphatic carbocycles. The third-order valence-electron chi connectivity index (χ3n) is 3.35. The number of thiazole rings is 1. The van der Waals surface area contributed by atoms with Gasteiger partial charge in [0.1, 0.15) is 0 Å². The van der Waals surface area contributed by atoms with Crippen molar-refractivity contribution < 1.29 is 4.79 Å². The van der Waals surface area contributed by atoms with Crippen LogP contribution in [0.15, 0.2) is 54.2 Å². The third kappa shape index (κ3) is 4.36. The molecule has 1 atom stereocenters. The van der Waals surface area contributed by atoms with Crippen LogP contribution in [-0.4, -0.2) is 20.9 Å². The Kier molecular flexibility index (Phi) is 5.12. The highest BCUT2D eigenvalue weighted by molar-refractivity contribution is 7.13. The fourth-order valence-corrected chi connectivity index (χ4v) is 2.89. The van der Waals surface area contributed by atoms with Gasteiger partial charge in [-0.15, -0.1) is 11.3 Å². The van der Waals surface area contributed by atoms with Gasteiger partial charge in [0.2, 0.25) is 11.9 Å². The minimum atomic E-state index is -0.0563. The second-order valence-electron chi connectivity index (χ2n) is 5.22. The zero-order valence-corrected chi connectivity index (χ0v) is 14.0. The van der Waals surface area contributed by atoms with Crippen LogP contribution in [0.4, 0.5) is 11.1 Å². The summed E-state index contributed by atoms with van der Waals surface area (Å²) in [5, 5.41) is 8.53. The Labute approximate surface area is 144 Å². The van der Waals surface area contributed by atoms with Crippen molar-refractivity contribution in [2.45, 2.75) is 19.4 Å². The molecule has 1 aromatic carbocycles. The van der Waals surface area contributed by atoms with Crippen LogP contribution in [-0.2, 0) is 11.2 Å².